The summed E-state index contributed by atoms with van der Waals surface area (Å²) in [7, 11) is 5.41. The van der Waals surface area contributed by atoms with Crippen molar-refractivity contribution in [1.82, 2.24) is 25.3 Å². The van der Waals surface area contributed by atoms with Gasteiger partial charge in [0, 0.05) is 46.6 Å². The van der Waals surface area contributed by atoms with E-state index in [9.17, 15) is 4.79 Å². The lowest BCUT2D eigenvalue weighted by atomic mass is 9.84. The van der Waals surface area contributed by atoms with Crippen molar-refractivity contribution in [3.8, 4) is 0 Å². The van der Waals surface area contributed by atoms with E-state index in [-0.39, 0.29) is 35.3 Å². The highest BCUT2D eigenvalue weighted by atomic mass is 127. The van der Waals surface area contributed by atoms with Gasteiger partial charge in [0.1, 0.15) is 0 Å². The number of carbonyl (C=O) groups is 1. The van der Waals surface area contributed by atoms with Crippen LogP contribution in [0, 0.1) is 5.41 Å². The monoisotopic (exact) mass is 448 g/mol. The van der Waals surface area contributed by atoms with E-state index in [2.05, 4.69) is 20.7 Å². The fourth-order valence-electron chi connectivity index (χ4n) is 3.19. The summed E-state index contributed by atoms with van der Waals surface area (Å²) in [5.74, 6) is 0.949. The fourth-order valence-corrected chi connectivity index (χ4v) is 3.19. The first-order chi connectivity index (χ1) is 11.1. The molecule has 7 nitrogen and oxygen atoms in total. The first kappa shape index (κ1) is 20.7. The van der Waals surface area contributed by atoms with Crippen molar-refractivity contribution in [2.75, 3.05) is 34.2 Å². The Hall–Kier alpha value is -1.32. The van der Waals surface area contributed by atoms with Crippen molar-refractivity contribution in [2.24, 2.45) is 10.4 Å². The molecule has 2 rings (SSSR count). The Kier molecular flexibility index (Phi) is 8.51. The third-order valence-corrected chi connectivity index (χ3v) is 4.43. The highest BCUT2D eigenvalue weighted by Crippen LogP contribution is 2.38. The Morgan fingerprint density at radius 3 is 2.58 bits per heavy atom. The lowest BCUT2D eigenvalue weighted by Crippen LogP contribution is -2.49. The molecule has 0 aromatic carbocycles. The van der Waals surface area contributed by atoms with Crippen LogP contribution in [0.4, 0.5) is 0 Å². The molecule has 1 saturated carbocycles. The number of rotatable bonds is 6. The first-order valence-electron chi connectivity index (χ1n) is 8.21. The topological polar surface area (TPSA) is 74.5 Å². The summed E-state index contributed by atoms with van der Waals surface area (Å²) in [4.78, 5) is 18.5. The van der Waals surface area contributed by atoms with E-state index >= 15 is 0 Å². The van der Waals surface area contributed by atoms with Crippen LogP contribution in [-0.4, -0.2) is 60.8 Å². The molecule has 1 fully saturated rings. The highest BCUT2D eigenvalue weighted by Gasteiger charge is 2.42. The van der Waals surface area contributed by atoms with E-state index in [1.807, 2.05) is 31.0 Å². The Morgan fingerprint density at radius 2 is 2.04 bits per heavy atom. The maximum absolute atomic E-state index is 12.6. The van der Waals surface area contributed by atoms with Crippen LogP contribution in [0.2, 0.25) is 0 Å². The summed E-state index contributed by atoms with van der Waals surface area (Å²) in [5, 5.41) is 10.8. The van der Waals surface area contributed by atoms with E-state index in [1.54, 1.807) is 18.1 Å². The van der Waals surface area contributed by atoms with Gasteiger partial charge in [-0.25, -0.2) is 0 Å². The van der Waals surface area contributed by atoms with Crippen molar-refractivity contribution >= 4 is 35.8 Å². The van der Waals surface area contributed by atoms with Crippen LogP contribution in [0.15, 0.2) is 23.5 Å². The zero-order chi connectivity index (χ0) is 16.7. The van der Waals surface area contributed by atoms with E-state index in [0.29, 0.717) is 6.54 Å². The van der Waals surface area contributed by atoms with Crippen LogP contribution in [0.5, 0.6) is 0 Å². The van der Waals surface area contributed by atoms with Gasteiger partial charge in [0.15, 0.2) is 5.96 Å². The third-order valence-electron chi connectivity index (χ3n) is 4.43. The van der Waals surface area contributed by atoms with Gasteiger partial charge in [0.25, 0.3) is 0 Å². The average molecular weight is 448 g/mol. The molecule has 1 aromatic heterocycles. The number of carbonyl (C=O) groups excluding carboxylic acids is 1. The molecule has 0 unspecified atom stereocenters. The maximum Gasteiger partial charge on any atom is 0.230 e. The third kappa shape index (κ3) is 5.35. The molecule has 0 atom stereocenters. The van der Waals surface area contributed by atoms with Crippen molar-refractivity contribution in [3.63, 3.8) is 0 Å². The summed E-state index contributed by atoms with van der Waals surface area (Å²) in [6, 6.07) is 1.91. The first-order valence-corrected chi connectivity index (χ1v) is 8.21. The number of nitrogens with one attached hydrogen (secondary N) is 2. The number of aromatic nitrogens is 2. The van der Waals surface area contributed by atoms with Gasteiger partial charge in [-0.1, -0.05) is 12.8 Å². The standard InChI is InChI=1S/C16H28N6O.HI/c1-17-15(18-10-12-22-11-6-9-20-22)19-13-16(7-4-5-8-16)14(23)21(2)3;/h6,9,11H,4-5,7-8,10,12-13H2,1-3H3,(H2,17,18,19);1H. The molecule has 1 heterocycles. The number of amides is 1. The Morgan fingerprint density at radius 1 is 1.33 bits per heavy atom. The van der Waals surface area contributed by atoms with Gasteiger partial charge >= 0.3 is 0 Å². The SMILES string of the molecule is CN=C(NCCn1cccn1)NCC1(C(=O)N(C)C)CCCC1.I. The smallest absolute Gasteiger partial charge is 0.230 e. The fraction of sp³-hybridized carbons (Fsp3) is 0.688. The van der Waals surface area contributed by atoms with Crippen LogP contribution in [-0.2, 0) is 11.3 Å². The molecule has 1 aromatic rings. The Labute approximate surface area is 161 Å². The zero-order valence-electron chi connectivity index (χ0n) is 14.8. The number of aliphatic imine (C=N–C) groups is 1. The molecule has 0 radical (unpaired) electrons. The number of guanidine groups is 1. The quantitative estimate of drug-likeness (QED) is 0.391. The van der Waals surface area contributed by atoms with E-state index in [4.69, 9.17) is 0 Å². The summed E-state index contributed by atoms with van der Waals surface area (Å²) in [5.41, 5.74) is -0.289. The second-order valence-electron chi connectivity index (χ2n) is 6.31. The van der Waals surface area contributed by atoms with Gasteiger partial charge in [-0.15, -0.1) is 24.0 Å². The second kappa shape index (κ2) is 9.85. The predicted octanol–water partition coefficient (Wildman–Crippen LogP) is 1.31. The van der Waals surface area contributed by atoms with E-state index in [0.717, 1.165) is 44.7 Å². The molecule has 1 aliphatic rings. The minimum absolute atomic E-state index is 0. The maximum atomic E-state index is 12.6. The highest BCUT2D eigenvalue weighted by molar-refractivity contribution is 14.0. The molecule has 0 bridgehead atoms. The van der Waals surface area contributed by atoms with E-state index in [1.165, 1.54) is 0 Å². The number of halogens is 1. The van der Waals surface area contributed by atoms with Gasteiger partial charge in [0.05, 0.1) is 12.0 Å². The van der Waals surface area contributed by atoms with Gasteiger partial charge in [-0.3, -0.25) is 14.5 Å². The molecule has 2 N–H and O–H groups in total. The molecule has 0 aliphatic heterocycles. The molecular formula is C16H29IN6O. The minimum Gasteiger partial charge on any atom is -0.355 e. The Balaban J connectivity index is 0.00000288. The van der Waals surface area contributed by atoms with Crippen molar-refractivity contribution < 1.29 is 4.79 Å². The van der Waals surface area contributed by atoms with Crippen LogP contribution in [0.3, 0.4) is 0 Å². The largest absolute Gasteiger partial charge is 0.355 e. The molecule has 136 valence electrons. The summed E-state index contributed by atoms with van der Waals surface area (Å²) in [6.45, 7) is 2.14. The number of hydrogen-bond acceptors (Lipinski definition) is 3. The van der Waals surface area contributed by atoms with Crippen molar-refractivity contribution in [1.29, 1.82) is 0 Å². The van der Waals surface area contributed by atoms with Crippen LogP contribution < -0.4 is 10.6 Å². The van der Waals surface area contributed by atoms with Crippen LogP contribution in [0.1, 0.15) is 25.7 Å². The number of hydrogen-bond donors (Lipinski definition) is 2. The molecule has 1 aliphatic carbocycles. The van der Waals surface area contributed by atoms with Crippen LogP contribution in [0.25, 0.3) is 0 Å². The summed E-state index contributed by atoms with van der Waals surface area (Å²) in [6.07, 6.45) is 7.83. The predicted molar refractivity (Wildman–Crippen MR) is 107 cm³/mol. The molecule has 8 heteroatoms. The van der Waals surface area contributed by atoms with Crippen LogP contribution >= 0.6 is 24.0 Å². The lowest BCUT2D eigenvalue weighted by Gasteiger charge is -2.31. The molecule has 1 amide bonds. The lowest BCUT2D eigenvalue weighted by molar-refractivity contribution is -0.138. The zero-order valence-corrected chi connectivity index (χ0v) is 17.1. The van der Waals surface area contributed by atoms with Gasteiger partial charge in [-0.05, 0) is 18.9 Å². The van der Waals surface area contributed by atoms with Gasteiger partial charge in [0.2, 0.25) is 5.91 Å². The Bertz CT molecular complexity index is 523. The summed E-state index contributed by atoms with van der Waals surface area (Å²) >= 11 is 0. The summed E-state index contributed by atoms with van der Waals surface area (Å²) < 4.78 is 1.87. The van der Waals surface area contributed by atoms with Crippen molar-refractivity contribution in [2.45, 2.75) is 32.2 Å². The number of nitrogens with zero attached hydrogens (tertiary/aromatic N) is 4. The second-order valence-corrected chi connectivity index (χ2v) is 6.31. The average Bonchev–Trinajstić information content (AvgIpc) is 3.22. The van der Waals surface area contributed by atoms with Crippen molar-refractivity contribution in [3.05, 3.63) is 18.5 Å². The molecular weight excluding hydrogens is 419 g/mol. The van der Waals surface area contributed by atoms with Gasteiger partial charge < -0.3 is 15.5 Å². The van der Waals surface area contributed by atoms with E-state index < -0.39 is 0 Å². The molecule has 0 spiro atoms. The normalized spacial score (nSPS) is 16.4. The molecule has 0 saturated heterocycles. The van der Waals surface area contributed by atoms with Gasteiger partial charge in [-0.2, -0.15) is 5.10 Å². The minimum atomic E-state index is -0.289. The molecule has 24 heavy (non-hydrogen) atoms.